The Morgan fingerprint density at radius 1 is 1.13 bits per heavy atom. The number of hydrogen-bond acceptors (Lipinski definition) is 3. The number of piperazine rings is 1. The van der Waals surface area contributed by atoms with Gasteiger partial charge in [0.1, 0.15) is 0 Å². The first-order valence-electron chi connectivity index (χ1n) is 8.63. The highest BCUT2D eigenvalue weighted by Crippen LogP contribution is 2.26. The highest BCUT2D eigenvalue weighted by atomic mass is 15.2. The molecule has 23 heavy (non-hydrogen) atoms. The van der Waals surface area contributed by atoms with Gasteiger partial charge < -0.3 is 10.6 Å². The number of rotatable bonds is 7. The molecule has 1 aliphatic rings. The van der Waals surface area contributed by atoms with E-state index in [0.717, 1.165) is 45.7 Å². The summed E-state index contributed by atoms with van der Waals surface area (Å²) in [6.07, 6.45) is 2.97. The summed E-state index contributed by atoms with van der Waals surface area (Å²) in [4.78, 5) is 2.53. The van der Waals surface area contributed by atoms with E-state index in [9.17, 15) is 0 Å². The summed E-state index contributed by atoms with van der Waals surface area (Å²) in [6, 6.07) is 15.6. The first-order chi connectivity index (χ1) is 11.4. The van der Waals surface area contributed by atoms with E-state index in [1.807, 2.05) is 6.08 Å². The molecule has 1 fully saturated rings. The second-order valence-corrected chi connectivity index (χ2v) is 6.19. The molecule has 3 heteroatoms. The Balaban J connectivity index is 1.68. The maximum atomic E-state index is 3.95. The topological polar surface area (TPSA) is 27.3 Å². The van der Waals surface area contributed by atoms with Crippen molar-refractivity contribution < 1.29 is 0 Å². The molecule has 1 heterocycles. The molecule has 0 bridgehead atoms. The molecule has 1 aliphatic heterocycles. The monoisotopic (exact) mass is 309 g/mol. The molecule has 3 rings (SSSR count). The van der Waals surface area contributed by atoms with Gasteiger partial charge in [0.05, 0.1) is 0 Å². The number of benzene rings is 2. The third-order valence-electron chi connectivity index (χ3n) is 4.63. The first-order valence-corrected chi connectivity index (χ1v) is 8.63. The molecule has 0 aromatic heterocycles. The quantitative estimate of drug-likeness (QED) is 0.770. The van der Waals surface area contributed by atoms with E-state index >= 15 is 0 Å². The van der Waals surface area contributed by atoms with Crippen LogP contribution in [-0.4, -0.2) is 44.2 Å². The number of fused-ring (bicyclic) bond motifs is 1. The minimum Gasteiger partial charge on any atom is -0.314 e. The molecule has 2 aromatic carbocycles. The third kappa shape index (κ3) is 4.20. The Morgan fingerprint density at radius 2 is 1.91 bits per heavy atom. The van der Waals surface area contributed by atoms with Gasteiger partial charge in [-0.1, -0.05) is 48.5 Å². The average molecular weight is 309 g/mol. The van der Waals surface area contributed by atoms with Gasteiger partial charge in [0, 0.05) is 45.3 Å². The molecule has 2 N–H and O–H groups in total. The lowest BCUT2D eigenvalue weighted by atomic mass is 9.96. The largest absolute Gasteiger partial charge is 0.314 e. The van der Waals surface area contributed by atoms with Crippen molar-refractivity contribution in [2.24, 2.45) is 0 Å². The van der Waals surface area contributed by atoms with Crippen LogP contribution in [0.4, 0.5) is 0 Å². The molecule has 0 spiro atoms. The molecule has 3 nitrogen and oxygen atoms in total. The standard InChI is InChI=1S/C20H27N3/c1-2-6-20(22-13-16-23-14-11-21-12-15-23)19-10-5-8-17-7-3-4-9-18(17)19/h2-5,7-10,20-22H,1,6,11-16H2. The van der Waals surface area contributed by atoms with Gasteiger partial charge in [-0.05, 0) is 22.8 Å². The summed E-state index contributed by atoms with van der Waals surface area (Å²) in [5, 5.41) is 9.80. The normalized spacial score (nSPS) is 17.2. The van der Waals surface area contributed by atoms with Gasteiger partial charge in [-0.25, -0.2) is 0 Å². The Labute approximate surface area is 139 Å². The van der Waals surface area contributed by atoms with Gasteiger partial charge in [0.25, 0.3) is 0 Å². The second kappa shape index (κ2) is 8.25. The Morgan fingerprint density at radius 3 is 2.74 bits per heavy atom. The summed E-state index contributed by atoms with van der Waals surface area (Å²) in [5.41, 5.74) is 1.38. The van der Waals surface area contributed by atoms with Crippen molar-refractivity contribution in [3.8, 4) is 0 Å². The Hall–Kier alpha value is -1.68. The lowest BCUT2D eigenvalue weighted by Gasteiger charge is -2.28. The van der Waals surface area contributed by atoms with E-state index in [0.29, 0.717) is 6.04 Å². The van der Waals surface area contributed by atoms with E-state index in [2.05, 4.69) is 64.6 Å². The van der Waals surface area contributed by atoms with E-state index < -0.39 is 0 Å². The minimum absolute atomic E-state index is 0.335. The van der Waals surface area contributed by atoms with Crippen LogP contribution in [0.15, 0.2) is 55.1 Å². The molecule has 1 atom stereocenters. The maximum absolute atomic E-state index is 3.95. The van der Waals surface area contributed by atoms with Gasteiger partial charge in [-0.3, -0.25) is 4.90 Å². The third-order valence-corrected chi connectivity index (χ3v) is 4.63. The Bertz CT molecular complexity index is 626. The zero-order valence-corrected chi connectivity index (χ0v) is 13.8. The number of nitrogens with zero attached hydrogens (tertiary/aromatic N) is 1. The predicted octanol–water partition coefficient (Wildman–Crippen LogP) is 2.95. The van der Waals surface area contributed by atoms with Crippen LogP contribution < -0.4 is 10.6 Å². The van der Waals surface area contributed by atoms with Gasteiger partial charge in [0.2, 0.25) is 0 Å². The van der Waals surface area contributed by atoms with Gasteiger partial charge in [0.15, 0.2) is 0 Å². The molecule has 2 aromatic rings. The molecule has 0 aliphatic carbocycles. The fourth-order valence-electron chi connectivity index (χ4n) is 3.37. The van der Waals surface area contributed by atoms with Crippen molar-refractivity contribution in [1.29, 1.82) is 0 Å². The lowest BCUT2D eigenvalue weighted by Crippen LogP contribution is -2.46. The van der Waals surface area contributed by atoms with Gasteiger partial charge in [-0.15, -0.1) is 6.58 Å². The highest BCUT2D eigenvalue weighted by Gasteiger charge is 2.14. The summed E-state index contributed by atoms with van der Waals surface area (Å²) in [6.45, 7) is 10.6. The highest BCUT2D eigenvalue weighted by molar-refractivity contribution is 5.86. The first kappa shape index (κ1) is 16.2. The maximum Gasteiger partial charge on any atom is 0.0361 e. The fourth-order valence-corrected chi connectivity index (χ4v) is 3.37. The van der Waals surface area contributed by atoms with Crippen LogP contribution in [0, 0.1) is 0 Å². The number of nitrogens with one attached hydrogen (secondary N) is 2. The SMILES string of the molecule is C=CCC(NCCN1CCNCC1)c1cccc2ccccc12. The minimum atomic E-state index is 0.335. The summed E-state index contributed by atoms with van der Waals surface area (Å²) in [5.74, 6) is 0. The molecule has 1 saturated heterocycles. The van der Waals surface area contributed by atoms with Crippen molar-refractivity contribution >= 4 is 10.8 Å². The van der Waals surface area contributed by atoms with E-state index in [4.69, 9.17) is 0 Å². The fraction of sp³-hybridized carbons (Fsp3) is 0.400. The van der Waals surface area contributed by atoms with Crippen molar-refractivity contribution in [3.05, 3.63) is 60.7 Å². The van der Waals surface area contributed by atoms with Crippen LogP contribution in [0.3, 0.4) is 0 Å². The van der Waals surface area contributed by atoms with Crippen molar-refractivity contribution in [3.63, 3.8) is 0 Å². The van der Waals surface area contributed by atoms with Crippen LogP contribution in [0.1, 0.15) is 18.0 Å². The van der Waals surface area contributed by atoms with Crippen LogP contribution in [0.5, 0.6) is 0 Å². The summed E-state index contributed by atoms with van der Waals surface area (Å²) in [7, 11) is 0. The van der Waals surface area contributed by atoms with E-state index in [1.54, 1.807) is 0 Å². The molecule has 0 radical (unpaired) electrons. The average Bonchev–Trinajstić information content (AvgIpc) is 2.61. The summed E-state index contributed by atoms with van der Waals surface area (Å²) >= 11 is 0. The zero-order valence-electron chi connectivity index (χ0n) is 13.8. The van der Waals surface area contributed by atoms with Gasteiger partial charge in [-0.2, -0.15) is 0 Å². The van der Waals surface area contributed by atoms with Gasteiger partial charge >= 0.3 is 0 Å². The molecular formula is C20H27N3. The Kier molecular flexibility index (Phi) is 5.81. The molecule has 1 unspecified atom stereocenters. The van der Waals surface area contributed by atoms with Crippen molar-refractivity contribution in [2.75, 3.05) is 39.3 Å². The van der Waals surface area contributed by atoms with Crippen molar-refractivity contribution in [1.82, 2.24) is 15.5 Å². The second-order valence-electron chi connectivity index (χ2n) is 6.19. The van der Waals surface area contributed by atoms with Crippen LogP contribution in [-0.2, 0) is 0 Å². The van der Waals surface area contributed by atoms with E-state index in [1.165, 1.54) is 16.3 Å². The predicted molar refractivity (Wildman–Crippen MR) is 98.8 cm³/mol. The lowest BCUT2D eigenvalue weighted by molar-refractivity contribution is 0.238. The van der Waals surface area contributed by atoms with Crippen molar-refractivity contribution in [2.45, 2.75) is 12.5 Å². The molecule has 122 valence electrons. The van der Waals surface area contributed by atoms with Crippen LogP contribution >= 0.6 is 0 Å². The smallest absolute Gasteiger partial charge is 0.0361 e. The summed E-state index contributed by atoms with van der Waals surface area (Å²) < 4.78 is 0. The molecule has 0 amide bonds. The van der Waals surface area contributed by atoms with Crippen LogP contribution in [0.2, 0.25) is 0 Å². The van der Waals surface area contributed by atoms with E-state index in [-0.39, 0.29) is 0 Å². The number of hydrogen-bond donors (Lipinski definition) is 2. The molecule has 0 saturated carbocycles. The molecular weight excluding hydrogens is 282 g/mol. The van der Waals surface area contributed by atoms with Crippen LogP contribution in [0.25, 0.3) is 10.8 Å². The zero-order chi connectivity index (χ0) is 15.9.